The van der Waals surface area contributed by atoms with Crippen molar-refractivity contribution in [3.05, 3.63) is 83.4 Å². The van der Waals surface area contributed by atoms with Crippen molar-refractivity contribution in [1.82, 2.24) is 4.90 Å². The zero-order valence-corrected chi connectivity index (χ0v) is 39.1. The van der Waals surface area contributed by atoms with Gasteiger partial charge in [-0.05, 0) is 149 Å². The highest BCUT2D eigenvalue weighted by molar-refractivity contribution is 5.95. The van der Waals surface area contributed by atoms with Crippen LogP contribution in [0.4, 0.5) is 0 Å². The van der Waals surface area contributed by atoms with E-state index in [1.54, 1.807) is 4.90 Å². The molecule has 61 heavy (non-hydrogen) atoms. The molecular weight excluding hydrogens is 763 g/mol. The number of carbonyl (C=O) groups excluding carboxylic acids is 3. The Morgan fingerprint density at radius 2 is 1.44 bits per heavy atom. The van der Waals surface area contributed by atoms with Gasteiger partial charge in [0, 0.05) is 12.5 Å². The molecule has 334 valence electrons. The first kappa shape index (κ1) is 45.7. The molecule has 0 heterocycles. The van der Waals surface area contributed by atoms with Crippen molar-refractivity contribution in [2.24, 2.45) is 50.2 Å². The predicted octanol–water partition coefficient (Wildman–Crippen LogP) is 10.3. The number of hydrogen-bond acceptors (Lipinski definition) is 8. The number of aliphatic hydroxyl groups excluding tert-OH is 1. The lowest BCUT2D eigenvalue weighted by Gasteiger charge is -2.70. The van der Waals surface area contributed by atoms with Crippen LogP contribution in [0, 0.1) is 50.2 Å². The minimum Gasteiger partial charge on any atom is -0.459 e. The van der Waals surface area contributed by atoms with Crippen molar-refractivity contribution in [3.8, 4) is 0 Å². The summed E-state index contributed by atoms with van der Waals surface area (Å²) in [5, 5.41) is 11.0. The van der Waals surface area contributed by atoms with Crippen LogP contribution < -0.4 is 0 Å². The lowest BCUT2D eigenvalue weighted by Crippen LogP contribution is -2.66. The number of benzene rings is 2. The Morgan fingerprint density at radius 3 is 2.05 bits per heavy atom. The molecule has 10 atom stereocenters. The normalized spacial score (nSPS) is 36.2. The fourth-order valence-electron chi connectivity index (χ4n) is 13.8. The molecule has 1 unspecified atom stereocenters. The Bertz CT molecular complexity index is 1930. The minimum absolute atomic E-state index is 0.0144. The van der Waals surface area contributed by atoms with E-state index in [1.807, 2.05) is 88.5 Å². The van der Waals surface area contributed by atoms with Crippen molar-refractivity contribution in [1.29, 1.82) is 0 Å². The summed E-state index contributed by atoms with van der Waals surface area (Å²) in [7, 11) is 1.81. The van der Waals surface area contributed by atoms with Gasteiger partial charge in [-0.2, -0.15) is 0 Å². The number of ketones is 1. The second-order valence-corrected chi connectivity index (χ2v) is 23.0. The molecular formula is C53H75NO7. The number of esters is 2. The lowest BCUT2D eigenvalue weighted by atomic mass is 9.33. The summed E-state index contributed by atoms with van der Waals surface area (Å²) in [6.07, 6.45) is 9.00. The highest BCUT2D eigenvalue weighted by Gasteiger charge is 2.70. The molecule has 5 aliphatic rings. The SMILES string of the molecule is CN(CC(=O)OC(C)(C)C)CC(O)CO[C@H]1CC[C@]2(C)[C@H]3C(=O)C=C4[C@@H]5C[C@@](C)(C(=O)OC(c6ccccc6)c6ccccc6)CC[C@]5(C)CC[C@@]4(C)[C@]3(C)CC[C@H]2C1(C)C. The number of allylic oxidation sites excluding steroid dienone is 2. The van der Waals surface area contributed by atoms with Gasteiger partial charge in [0.2, 0.25) is 0 Å². The summed E-state index contributed by atoms with van der Waals surface area (Å²) in [6, 6.07) is 20.1. The number of rotatable bonds is 11. The second kappa shape index (κ2) is 16.3. The topological polar surface area (TPSA) is 102 Å². The van der Waals surface area contributed by atoms with Crippen molar-refractivity contribution in [2.75, 3.05) is 26.7 Å². The van der Waals surface area contributed by atoms with Gasteiger partial charge < -0.3 is 19.3 Å². The first-order valence-electron chi connectivity index (χ1n) is 23.2. The Labute approximate surface area is 366 Å². The number of aliphatic hydroxyl groups is 1. The maximum absolute atomic E-state index is 15.1. The molecule has 0 amide bonds. The first-order chi connectivity index (χ1) is 28.5. The molecule has 1 N–H and O–H groups in total. The Hall–Kier alpha value is -3.33. The average Bonchev–Trinajstić information content (AvgIpc) is 3.17. The van der Waals surface area contributed by atoms with Crippen LogP contribution in [-0.2, 0) is 28.6 Å². The number of fused-ring (bicyclic) bond motifs is 7. The van der Waals surface area contributed by atoms with Gasteiger partial charge in [-0.25, -0.2) is 0 Å². The van der Waals surface area contributed by atoms with E-state index in [0.29, 0.717) is 13.0 Å². The van der Waals surface area contributed by atoms with Crippen LogP contribution in [0.2, 0.25) is 0 Å². The average molecular weight is 838 g/mol. The number of ether oxygens (including phenoxy) is 3. The van der Waals surface area contributed by atoms with Crippen LogP contribution in [0.1, 0.15) is 144 Å². The molecule has 0 saturated heterocycles. The molecule has 8 heteroatoms. The third-order valence-corrected chi connectivity index (χ3v) is 17.3. The van der Waals surface area contributed by atoms with E-state index in [1.165, 1.54) is 5.57 Å². The van der Waals surface area contributed by atoms with E-state index in [4.69, 9.17) is 14.2 Å². The molecule has 4 saturated carbocycles. The molecule has 0 aromatic heterocycles. The van der Waals surface area contributed by atoms with Gasteiger partial charge in [0.15, 0.2) is 11.9 Å². The molecule has 2 aromatic carbocycles. The van der Waals surface area contributed by atoms with Crippen LogP contribution in [0.5, 0.6) is 0 Å². The molecule has 0 radical (unpaired) electrons. The molecule has 7 rings (SSSR count). The quantitative estimate of drug-likeness (QED) is 0.223. The molecule has 0 aliphatic heterocycles. The zero-order valence-electron chi connectivity index (χ0n) is 39.1. The fourth-order valence-corrected chi connectivity index (χ4v) is 13.8. The predicted molar refractivity (Wildman–Crippen MR) is 239 cm³/mol. The standard InChI is InChI=1S/C53H75NO7/c1-47(2,3)61-43(57)33-54(11)32-37(55)34-59-42-23-24-51(8)41(48(42,4)5)22-25-53(10)45(51)40(56)30-38-39-31-50(7,27-26-49(39,6)28-29-52(38,53)9)46(58)60-44(35-18-14-12-15-19-35)36-20-16-13-17-21-36/h12-21,30,37,39,41-42,44-45,55H,22-29,31-34H2,1-11H3/t37?,39-,41-,42-,45+,49+,50-,51-,52+,53+/m0/s1. The molecule has 4 fully saturated rings. The van der Waals surface area contributed by atoms with Crippen molar-refractivity contribution < 1.29 is 33.7 Å². The van der Waals surface area contributed by atoms with E-state index in [9.17, 15) is 14.7 Å². The van der Waals surface area contributed by atoms with Gasteiger partial charge in [0.05, 0.1) is 30.8 Å². The van der Waals surface area contributed by atoms with Crippen LogP contribution in [0.15, 0.2) is 72.3 Å². The summed E-state index contributed by atoms with van der Waals surface area (Å²) < 4.78 is 18.6. The van der Waals surface area contributed by atoms with Crippen LogP contribution >= 0.6 is 0 Å². The van der Waals surface area contributed by atoms with Gasteiger partial charge in [-0.1, -0.05) is 108 Å². The number of nitrogens with zero attached hydrogens (tertiary/aromatic N) is 1. The number of hydrogen-bond donors (Lipinski definition) is 1. The number of likely N-dealkylation sites (N-methyl/N-ethyl adjacent to an activating group) is 1. The Morgan fingerprint density at radius 1 is 0.836 bits per heavy atom. The van der Waals surface area contributed by atoms with Crippen LogP contribution in [-0.4, -0.2) is 72.3 Å². The summed E-state index contributed by atoms with van der Waals surface area (Å²) in [5.41, 5.74) is 1.17. The molecule has 5 aliphatic carbocycles. The van der Waals surface area contributed by atoms with Gasteiger partial charge in [0.25, 0.3) is 0 Å². The molecule has 0 bridgehead atoms. The van der Waals surface area contributed by atoms with Crippen molar-refractivity contribution in [2.45, 2.75) is 151 Å². The first-order valence-corrected chi connectivity index (χ1v) is 23.2. The molecule has 2 aromatic rings. The fraction of sp³-hybridized carbons (Fsp3) is 0.679. The highest BCUT2D eigenvalue weighted by Crippen LogP contribution is 2.75. The summed E-state index contributed by atoms with van der Waals surface area (Å²) in [4.78, 5) is 43.9. The monoisotopic (exact) mass is 838 g/mol. The smallest absolute Gasteiger partial charge is 0.320 e. The van der Waals surface area contributed by atoms with Crippen molar-refractivity contribution in [3.63, 3.8) is 0 Å². The van der Waals surface area contributed by atoms with Gasteiger partial charge >= 0.3 is 11.9 Å². The van der Waals surface area contributed by atoms with E-state index < -0.39 is 23.2 Å². The minimum atomic E-state index is -0.746. The highest BCUT2D eigenvalue weighted by atomic mass is 16.6. The van der Waals surface area contributed by atoms with Gasteiger partial charge in [-0.3, -0.25) is 19.3 Å². The van der Waals surface area contributed by atoms with E-state index in [2.05, 4.69) is 54.5 Å². The lowest BCUT2D eigenvalue weighted by molar-refractivity contribution is -0.212. The van der Waals surface area contributed by atoms with Crippen molar-refractivity contribution >= 4 is 17.7 Å². The maximum Gasteiger partial charge on any atom is 0.320 e. The van der Waals surface area contributed by atoms with Crippen LogP contribution in [0.3, 0.4) is 0 Å². The zero-order chi connectivity index (χ0) is 44.4. The summed E-state index contributed by atoms with van der Waals surface area (Å²) in [5.74, 6) is 0.0849. The summed E-state index contributed by atoms with van der Waals surface area (Å²) in [6.45, 7) is 22.6. The summed E-state index contributed by atoms with van der Waals surface area (Å²) >= 11 is 0. The third kappa shape index (κ3) is 8.32. The van der Waals surface area contributed by atoms with Gasteiger partial charge in [0.1, 0.15) is 5.60 Å². The molecule has 0 spiro atoms. The van der Waals surface area contributed by atoms with E-state index >= 15 is 4.79 Å². The van der Waals surface area contributed by atoms with E-state index in [0.717, 1.165) is 62.5 Å². The Kier molecular flexibility index (Phi) is 12.2. The number of carbonyl (C=O) groups is 3. The maximum atomic E-state index is 15.1. The van der Waals surface area contributed by atoms with Gasteiger partial charge in [-0.15, -0.1) is 0 Å². The van der Waals surface area contributed by atoms with Crippen LogP contribution in [0.25, 0.3) is 0 Å². The largest absolute Gasteiger partial charge is 0.459 e. The third-order valence-electron chi connectivity index (χ3n) is 17.3. The Balaban J connectivity index is 1.09. The second-order valence-electron chi connectivity index (χ2n) is 23.0. The van der Waals surface area contributed by atoms with E-state index in [-0.39, 0.29) is 81.8 Å². The molecule has 8 nitrogen and oxygen atoms in total.